The summed E-state index contributed by atoms with van der Waals surface area (Å²) in [6, 6.07) is 12.7. The van der Waals surface area contributed by atoms with E-state index in [1.807, 2.05) is 6.92 Å². The lowest BCUT2D eigenvalue weighted by Gasteiger charge is -2.08. The third-order valence-electron chi connectivity index (χ3n) is 3.50. The summed E-state index contributed by atoms with van der Waals surface area (Å²) >= 11 is 0. The fourth-order valence-electron chi connectivity index (χ4n) is 2.23. The molecular formula is C18H19N3O5. The van der Waals surface area contributed by atoms with Crippen molar-refractivity contribution in [3.05, 3.63) is 69.8 Å². The summed E-state index contributed by atoms with van der Waals surface area (Å²) in [5.41, 5.74) is 0.731. The lowest BCUT2D eigenvalue weighted by atomic mass is 10.2. The molecule has 2 aromatic rings. The number of amides is 2. The largest absolute Gasteiger partial charge is 0.494 e. The average molecular weight is 357 g/mol. The van der Waals surface area contributed by atoms with Crippen molar-refractivity contribution in [1.29, 1.82) is 0 Å². The van der Waals surface area contributed by atoms with Crippen LogP contribution in [0.25, 0.3) is 0 Å². The fraction of sp³-hybridized carbons (Fsp3) is 0.222. The predicted octanol–water partition coefficient (Wildman–Crippen LogP) is 2.04. The van der Waals surface area contributed by atoms with Crippen molar-refractivity contribution in [2.45, 2.75) is 13.5 Å². The second kappa shape index (κ2) is 9.16. The van der Waals surface area contributed by atoms with Gasteiger partial charge >= 0.3 is 0 Å². The minimum Gasteiger partial charge on any atom is -0.494 e. The molecule has 2 amide bonds. The van der Waals surface area contributed by atoms with E-state index in [0.29, 0.717) is 23.5 Å². The van der Waals surface area contributed by atoms with Crippen LogP contribution in [-0.4, -0.2) is 29.9 Å². The molecule has 0 bridgehead atoms. The van der Waals surface area contributed by atoms with Crippen molar-refractivity contribution in [2.75, 3.05) is 13.2 Å². The van der Waals surface area contributed by atoms with E-state index in [-0.39, 0.29) is 18.8 Å². The number of carbonyl (C=O) groups excluding carboxylic acids is 2. The third-order valence-corrected chi connectivity index (χ3v) is 3.50. The van der Waals surface area contributed by atoms with E-state index in [4.69, 9.17) is 4.74 Å². The van der Waals surface area contributed by atoms with E-state index in [2.05, 4.69) is 10.6 Å². The predicted molar refractivity (Wildman–Crippen MR) is 94.9 cm³/mol. The minimum absolute atomic E-state index is 0.00884. The summed E-state index contributed by atoms with van der Waals surface area (Å²) in [6.07, 6.45) is 0. The van der Waals surface area contributed by atoms with Crippen molar-refractivity contribution >= 4 is 17.5 Å². The Labute approximate surface area is 150 Å². The molecule has 136 valence electrons. The van der Waals surface area contributed by atoms with Gasteiger partial charge in [-0.3, -0.25) is 19.7 Å². The van der Waals surface area contributed by atoms with Gasteiger partial charge in [-0.1, -0.05) is 18.2 Å². The molecule has 0 saturated carbocycles. The summed E-state index contributed by atoms with van der Waals surface area (Å²) in [5.74, 6) is -0.178. The normalized spacial score (nSPS) is 10.0. The first-order valence-corrected chi connectivity index (χ1v) is 8.01. The fourth-order valence-corrected chi connectivity index (χ4v) is 2.23. The number of hydrogen-bond donors (Lipinski definition) is 2. The molecule has 0 aromatic heterocycles. The van der Waals surface area contributed by atoms with Crippen LogP contribution < -0.4 is 15.4 Å². The number of nitrogens with one attached hydrogen (secondary N) is 2. The molecule has 0 fully saturated rings. The number of rotatable bonds is 8. The van der Waals surface area contributed by atoms with E-state index in [0.717, 1.165) is 0 Å². The van der Waals surface area contributed by atoms with Gasteiger partial charge in [0.1, 0.15) is 5.75 Å². The minimum atomic E-state index is -0.505. The number of nitrogens with zero attached hydrogens (tertiary/aromatic N) is 1. The molecule has 0 unspecified atom stereocenters. The second-order valence-electron chi connectivity index (χ2n) is 5.30. The maximum atomic E-state index is 12.0. The van der Waals surface area contributed by atoms with Crippen LogP contribution in [0.5, 0.6) is 5.75 Å². The van der Waals surface area contributed by atoms with Gasteiger partial charge in [-0.05, 0) is 31.2 Å². The molecule has 0 aliphatic rings. The van der Waals surface area contributed by atoms with Crippen molar-refractivity contribution in [3.8, 4) is 5.75 Å². The SMILES string of the molecule is CCOc1ccc(C(=O)NCC(=O)NCc2ccccc2[N+](=O)[O-])cc1. The summed E-state index contributed by atoms with van der Waals surface area (Å²) in [4.78, 5) is 34.3. The number of para-hydroxylation sites is 1. The van der Waals surface area contributed by atoms with Crippen molar-refractivity contribution in [2.24, 2.45) is 0 Å². The molecule has 2 aromatic carbocycles. The summed E-state index contributed by atoms with van der Waals surface area (Å²) in [6.45, 7) is 2.18. The molecule has 8 nitrogen and oxygen atoms in total. The third kappa shape index (κ3) is 5.30. The van der Waals surface area contributed by atoms with Gasteiger partial charge in [0.05, 0.1) is 18.1 Å². The Balaban J connectivity index is 1.83. The molecule has 0 saturated heterocycles. The Morgan fingerprint density at radius 2 is 1.77 bits per heavy atom. The molecule has 0 aliphatic carbocycles. The van der Waals surface area contributed by atoms with Crippen LogP contribution in [0.2, 0.25) is 0 Å². The maximum absolute atomic E-state index is 12.0. The van der Waals surface area contributed by atoms with Gasteiger partial charge in [0.15, 0.2) is 0 Å². The zero-order valence-corrected chi connectivity index (χ0v) is 14.2. The van der Waals surface area contributed by atoms with Gasteiger partial charge in [0.2, 0.25) is 5.91 Å². The number of carbonyl (C=O) groups is 2. The van der Waals surface area contributed by atoms with Crippen LogP contribution in [0, 0.1) is 10.1 Å². The second-order valence-corrected chi connectivity index (χ2v) is 5.30. The molecule has 0 radical (unpaired) electrons. The first kappa shape index (κ1) is 18.9. The average Bonchev–Trinajstić information content (AvgIpc) is 2.65. The molecule has 2 N–H and O–H groups in total. The van der Waals surface area contributed by atoms with Gasteiger partial charge in [-0.2, -0.15) is 0 Å². The van der Waals surface area contributed by atoms with Crippen molar-refractivity contribution in [3.63, 3.8) is 0 Å². The highest BCUT2D eigenvalue weighted by atomic mass is 16.6. The van der Waals surface area contributed by atoms with Gasteiger partial charge in [-0.25, -0.2) is 0 Å². The molecule has 8 heteroatoms. The zero-order valence-electron chi connectivity index (χ0n) is 14.2. The quantitative estimate of drug-likeness (QED) is 0.555. The van der Waals surface area contributed by atoms with E-state index < -0.39 is 16.7 Å². The Kier molecular flexibility index (Phi) is 6.67. The van der Waals surface area contributed by atoms with Gasteiger partial charge < -0.3 is 15.4 Å². The van der Waals surface area contributed by atoms with E-state index in [1.165, 1.54) is 6.07 Å². The zero-order chi connectivity index (χ0) is 18.9. The summed E-state index contributed by atoms with van der Waals surface area (Å²) < 4.78 is 5.30. The lowest BCUT2D eigenvalue weighted by molar-refractivity contribution is -0.385. The van der Waals surface area contributed by atoms with Crippen LogP contribution in [0.3, 0.4) is 0 Å². The Hall–Kier alpha value is -3.42. The van der Waals surface area contributed by atoms with E-state index >= 15 is 0 Å². The van der Waals surface area contributed by atoms with Crippen LogP contribution in [0.15, 0.2) is 48.5 Å². The number of nitro benzene ring substituents is 1. The van der Waals surface area contributed by atoms with Gasteiger partial charge in [-0.15, -0.1) is 0 Å². The van der Waals surface area contributed by atoms with Crippen LogP contribution in [0.4, 0.5) is 5.69 Å². The number of hydrogen-bond acceptors (Lipinski definition) is 5. The maximum Gasteiger partial charge on any atom is 0.274 e. The molecular weight excluding hydrogens is 338 g/mol. The molecule has 0 aliphatic heterocycles. The molecule has 26 heavy (non-hydrogen) atoms. The van der Waals surface area contributed by atoms with Crippen molar-refractivity contribution < 1.29 is 19.2 Å². The highest BCUT2D eigenvalue weighted by Gasteiger charge is 2.13. The van der Waals surface area contributed by atoms with Crippen LogP contribution in [-0.2, 0) is 11.3 Å². The van der Waals surface area contributed by atoms with Gasteiger partial charge in [0, 0.05) is 23.7 Å². The monoisotopic (exact) mass is 357 g/mol. The highest BCUT2D eigenvalue weighted by Crippen LogP contribution is 2.17. The first-order valence-electron chi connectivity index (χ1n) is 8.01. The molecule has 0 atom stereocenters. The van der Waals surface area contributed by atoms with Crippen LogP contribution in [0.1, 0.15) is 22.8 Å². The molecule has 0 spiro atoms. The van der Waals surface area contributed by atoms with E-state index in [9.17, 15) is 19.7 Å². The van der Waals surface area contributed by atoms with E-state index in [1.54, 1.807) is 42.5 Å². The lowest BCUT2D eigenvalue weighted by Crippen LogP contribution is -2.36. The summed E-state index contributed by atoms with van der Waals surface area (Å²) in [5, 5.41) is 16.0. The number of ether oxygens (including phenoxy) is 1. The molecule has 0 heterocycles. The Morgan fingerprint density at radius 3 is 2.42 bits per heavy atom. The Morgan fingerprint density at radius 1 is 1.08 bits per heavy atom. The first-order chi connectivity index (χ1) is 12.5. The van der Waals surface area contributed by atoms with Crippen LogP contribution >= 0.6 is 0 Å². The smallest absolute Gasteiger partial charge is 0.274 e. The van der Waals surface area contributed by atoms with Gasteiger partial charge in [0.25, 0.3) is 11.6 Å². The standard InChI is InChI=1S/C18H19N3O5/c1-2-26-15-9-7-13(8-10-15)18(23)20-12-17(22)19-11-14-5-3-4-6-16(14)21(24)25/h3-10H,2,11-12H2,1H3,(H,19,22)(H,20,23). The highest BCUT2D eigenvalue weighted by molar-refractivity contribution is 5.96. The van der Waals surface area contributed by atoms with Crippen molar-refractivity contribution in [1.82, 2.24) is 10.6 Å². The molecule has 2 rings (SSSR count). The summed E-state index contributed by atoms with van der Waals surface area (Å²) in [7, 11) is 0. The topological polar surface area (TPSA) is 111 Å². The Bertz CT molecular complexity index is 790. The number of nitro groups is 1. The number of benzene rings is 2.